The number of carbonyl (C=O) groups is 2. The predicted molar refractivity (Wildman–Crippen MR) is 108 cm³/mol. The van der Waals surface area contributed by atoms with E-state index in [1.165, 1.54) is 25.7 Å². The fourth-order valence-electron chi connectivity index (χ4n) is 4.07. The number of rotatable bonds is 15. The molecule has 1 fully saturated rings. The van der Waals surface area contributed by atoms with Crippen LogP contribution < -0.4 is 0 Å². The summed E-state index contributed by atoms with van der Waals surface area (Å²) in [5.41, 5.74) is 0. The van der Waals surface area contributed by atoms with Gasteiger partial charge < -0.3 is 9.90 Å². The Morgan fingerprint density at radius 1 is 0.962 bits per heavy atom. The zero-order valence-electron chi connectivity index (χ0n) is 17.0. The molecule has 1 aliphatic carbocycles. The number of aliphatic hydroxyl groups is 1. The highest BCUT2D eigenvalue weighted by Gasteiger charge is 2.33. The van der Waals surface area contributed by atoms with Gasteiger partial charge in [0.15, 0.2) is 0 Å². The Labute approximate surface area is 160 Å². The molecule has 3 atom stereocenters. The normalized spacial score (nSPS) is 23.0. The third-order valence-corrected chi connectivity index (χ3v) is 5.76. The molecule has 0 aliphatic heterocycles. The van der Waals surface area contributed by atoms with E-state index in [0.29, 0.717) is 30.5 Å². The fraction of sp³-hybridized carbons (Fsp3) is 0.826. The van der Waals surface area contributed by atoms with Gasteiger partial charge in [0.2, 0.25) is 0 Å². The molecule has 1 saturated carbocycles. The second-order valence-electron chi connectivity index (χ2n) is 8.11. The molecule has 3 heteroatoms. The van der Waals surface area contributed by atoms with Gasteiger partial charge in [0.1, 0.15) is 11.6 Å². The van der Waals surface area contributed by atoms with Crippen LogP contribution in [0, 0.1) is 11.8 Å². The molecule has 1 aliphatic rings. The Kier molecular flexibility index (Phi) is 12.6. The van der Waals surface area contributed by atoms with Crippen LogP contribution >= 0.6 is 0 Å². The lowest BCUT2D eigenvalue weighted by Crippen LogP contribution is -2.19. The number of allylic oxidation sites excluding steroid dienone is 2. The van der Waals surface area contributed by atoms with E-state index in [4.69, 9.17) is 0 Å². The van der Waals surface area contributed by atoms with Gasteiger partial charge in [-0.1, -0.05) is 44.8 Å². The van der Waals surface area contributed by atoms with E-state index >= 15 is 0 Å². The third kappa shape index (κ3) is 10.3. The maximum atomic E-state index is 12.1. The molecule has 0 unspecified atom stereocenters. The number of carbonyl (C=O) groups excluding carboxylic acids is 2. The molecule has 0 aromatic rings. The molecule has 1 N–H and O–H groups in total. The summed E-state index contributed by atoms with van der Waals surface area (Å²) >= 11 is 0. The molecular formula is C23H40O3. The molecule has 0 saturated heterocycles. The first-order valence-corrected chi connectivity index (χ1v) is 10.9. The third-order valence-electron chi connectivity index (χ3n) is 5.76. The summed E-state index contributed by atoms with van der Waals surface area (Å²) in [4.78, 5) is 23.0. The number of aliphatic hydroxyl groups excluding tert-OH is 1. The van der Waals surface area contributed by atoms with Crippen LogP contribution in [0.3, 0.4) is 0 Å². The first-order chi connectivity index (χ1) is 12.5. The summed E-state index contributed by atoms with van der Waals surface area (Å²) in [6.07, 6.45) is 17.8. The Morgan fingerprint density at radius 2 is 1.73 bits per heavy atom. The van der Waals surface area contributed by atoms with Crippen LogP contribution in [-0.2, 0) is 9.59 Å². The molecule has 3 nitrogen and oxygen atoms in total. The average molecular weight is 365 g/mol. The van der Waals surface area contributed by atoms with Crippen LogP contribution in [-0.4, -0.2) is 22.8 Å². The van der Waals surface area contributed by atoms with Crippen LogP contribution in [0.5, 0.6) is 0 Å². The topological polar surface area (TPSA) is 54.4 Å². The van der Waals surface area contributed by atoms with Crippen molar-refractivity contribution in [1.29, 1.82) is 0 Å². The van der Waals surface area contributed by atoms with Crippen LogP contribution in [0.15, 0.2) is 12.2 Å². The highest BCUT2D eigenvalue weighted by atomic mass is 16.3. The number of unbranched alkanes of at least 4 members (excludes halogenated alkanes) is 5. The molecule has 26 heavy (non-hydrogen) atoms. The highest BCUT2D eigenvalue weighted by molar-refractivity contribution is 5.78. The largest absolute Gasteiger partial charge is 0.393 e. The molecule has 1 rings (SSSR count). The Bertz CT molecular complexity index is 427. The zero-order chi connectivity index (χ0) is 19.2. The van der Waals surface area contributed by atoms with E-state index in [-0.39, 0.29) is 11.9 Å². The molecule has 0 aromatic carbocycles. The SMILES string of the molecule is CCCCCCCC(=O)CC[C@H]1CC[C@H](O)[C@@H]1C/C=C\CCCC(C)=O. The van der Waals surface area contributed by atoms with Gasteiger partial charge in [-0.15, -0.1) is 0 Å². The summed E-state index contributed by atoms with van der Waals surface area (Å²) in [5, 5.41) is 10.3. The Balaban J connectivity index is 2.22. The molecule has 0 bridgehead atoms. The summed E-state index contributed by atoms with van der Waals surface area (Å²) in [6.45, 7) is 3.84. The van der Waals surface area contributed by atoms with Crippen LogP contribution in [0.1, 0.15) is 104 Å². The van der Waals surface area contributed by atoms with Gasteiger partial charge in [0, 0.05) is 19.3 Å². The number of ketones is 2. The minimum atomic E-state index is -0.217. The van der Waals surface area contributed by atoms with E-state index in [0.717, 1.165) is 51.4 Å². The molecule has 0 spiro atoms. The van der Waals surface area contributed by atoms with E-state index in [9.17, 15) is 14.7 Å². The van der Waals surface area contributed by atoms with Crippen molar-refractivity contribution in [2.75, 3.05) is 0 Å². The van der Waals surface area contributed by atoms with Gasteiger partial charge in [0.25, 0.3) is 0 Å². The molecule has 0 radical (unpaired) electrons. The predicted octanol–water partition coefficient (Wildman–Crippen LogP) is 5.79. The molecule has 0 amide bonds. The summed E-state index contributed by atoms with van der Waals surface area (Å²) in [7, 11) is 0. The van der Waals surface area contributed by atoms with Crippen LogP contribution in [0.4, 0.5) is 0 Å². The van der Waals surface area contributed by atoms with Crippen molar-refractivity contribution in [2.24, 2.45) is 11.8 Å². The van der Waals surface area contributed by atoms with E-state index in [1.807, 2.05) is 0 Å². The van der Waals surface area contributed by atoms with Crippen molar-refractivity contribution < 1.29 is 14.7 Å². The van der Waals surface area contributed by atoms with Crippen molar-refractivity contribution in [1.82, 2.24) is 0 Å². The number of hydrogen-bond acceptors (Lipinski definition) is 3. The maximum Gasteiger partial charge on any atom is 0.132 e. The molecular weight excluding hydrogens is 324 g/mol. The molecule has 150 valence electrons. The summed E-state index contributed by atoms with van der Waals surface area (Å²) in [6, 6.07) is 0. The maximum absolute atomic E-state index is 12.1. The van der Waals surface area contributed by atoms with E-state index < -0.39 is 0 Å². The molecule has 0 aromatic heterocycles. The van der Waals surface area contributed by atoms with Gasteiger partial charge >= 0.3 is 0 Å². The van der Waals surface area contributed by atoms with Gasteiger partial charge in [-0.2, -0.15) is 0 Å². The minimum absolute atomic E-state index is 0.217. The quantitative estimate of drug-likeness (QED) is 0.295. The smallest absolute Gasteiger partial charge is 0.132 e. The highest BCUT2D eigenvalue weighted by Crippen LogP contribution is 2.37. The van der Waals surface area contributed by atoms with Crippen molar-refractivity contribution in [2.45, 2.75) is 110 Å². The van der Waals surface area contributed by atoms with Gasteiger partial charge in [-0.25, -0.2) is 0 Å². The summed E-state index contributed by atoms with van der Waals surface area (Å²) < 4.78 is 0. The Morgan fingerprint density at radius 3 is 2.46 bits per heavy atom. The lowest BCUT2D eigenvalue weighted by molar-refractivity contribution is -0.119. The first kappa shape index (κ1) is 23.1. The average Bonchev–Trinajstić information content (AvgIpc) is 2.95. The lowest BCUT2D eigenvalue weighted by atomic mass is 9.87. The van der Waals surface area contributed by atoms with Crippen molar-refractivity contribution in [3.05, 3.63) is 12.2 Å². The van der Waals surface area contributed by atoms with Gasteiger partial charge in [-0.3, -0.25) is 4.79 Å². The van der Waals surface area contributed by atoms with Crippen molar-refractivity contribution in [3.63, 3.8) is 0 Å². The van der Waals surface area contributed by atoms with Gasteiger partial charge in [-0.05, 0) is 63.7 Å². The van der Waals surface area contributed by atoms with Crippen LogP contribution in [0.2, 0.25) is 0 Å². The fourth-order valence-corrected chi connectivity index (χ4v) is 4.07. The van der Waals surface area contributed by atoms with Crippen molar-refractivity contribution in [3.8, 4) is 0 Å². The Hall–Kier alpha value is -0.960. The van der Waals surface area contributed by atoms with Gasteiger partial charge in [0.05, 0.1) is 6.10 Å². The zero-order valence-corrected chi connectivity index (χ0v) is 17.0. The lowest BCUT2D eigenvalue weighted by Gasteiger charge is -2.20. The van der Waals surface area contributed by atoms with E-state index in [1.54, 1.807) is 6.92 Å². The first-order valence-electron chi connectivity index (χ1n) is 10.9. The minimum Gasteiger partial charge on any atom is -0.393 e. The van der Waals surface area contributed by atoms with Crippen LogP contribution in [0.25, 0.3) is 0 Å². The summed E-state index contributed by atoms with van der Waals surface area (Å²) in [5.74, 6) is 1.44. The second kappa shape index (κ2) is 14.1. The number of Topliss-reactive ketones (excluding diaryl/α,β-unsaturated/α-hetero) is 2. The number of hydrogen-bond donors (Lipinski definition) is 1. The second-order valence-corrected chi connectivity index (χ2v) is 8.11. The standard InChI is InChI=1S/C23H40O3/c1-3-4-5-6-10-13-21(25)17-15-20-16-18-23(26)22(20)14-11-8-7-9-12-19(2)24/h8,11,20,22-23,26H,3-7,9-10,12-18H2,1-2H3/b11-8-/t20-,22+,23-/m0/s1. The monoisotopic (exact) mass is 364 g/mol. The van der Waals surface area contributed by atoms with E-state index in [2.05, 4.69) is 19.1 Å². The molecule has 0 heterocycles. The van der Waals surface area contributed by atoms with Crippen molar-refractivity contribution >= 4 is 11.6 Å².